The van der Waals surface area contributed by atoms with Crippen molar-refractivity contribution in [1.82, 2.24) is 0 Å². The molecule has 1 aromatic rings. The largest absolute Gasteiger partial charge is 0.367 e. The van der Waals surface area contributed by atoms with Crippen LogP contribution in [0.5, 0.6) is 0 Å². The van der Waals surface area contributed by atoms with E-state index in [0.717, 1.165) is 12.8 Å². The van der Waals surface area contributed by atoms with Crippen molar-refractivity contribution in [3.05, 3.63) is 35.4 Å². The summed E-state index contributed by atoms with van der Waals surface area (Å²) in [4.78, 5) is 11.7. The molecular formula is C13H16O2. The van der Waals surface area contributed by atoms with Crippen LogP contribution in [-0.2, 0) is 22.4 Å². The lowest BCUT2D eigenvalue weighted by Crippen LogP contribution is -2.41. The molecule has 0 spiro atoms. The van der Waals surface area contributed by atoms with Gasteiger partial charge in [0.2, 0.25) is 0 Å². The second kappa shape index (κ2) is 3.78. The maximum Gasteiger partial charge on any atom is 0.162 e. The van der Waals surface area contributed by atoms with Gasteiger partial charge in [0.25, 0.3) is 0 Å². The summed E-state index contributed by atoms with van der Waals surface area (Å²) >= 11 is 0. The number of benzene rings is 1. The molecule has 1 aliphatic rings. The molecule has 0 bridgehead atoms. The molecule has 0 unspecified atom stereocenters. The number of rotatable bonds is 3. The third-order valence-electron chi connectivity index (χ3n) is 3.13. The van der Waals surface area contributed by atoms with Crippen LogP contribution in [0.2, 0.25) is 0 Å². The Kier molecular flexibility index (Phi) is 2.61. The number of Topliss-reactive ketones (excluding diaryl/α,β-unsaturated/α-hetero) is 1. The van der Waals surface area contributed by atoms with Crippen molar-refractivity contribution in [3.8, 4) is 0 Å². The minimum Gasteiger partial charge on any atom is -0.367 e. The van der Waals surface area contributed by atoms with Crippen LogP contribution in [0, 0.1) is 0 Å². The SMILES string of the molecule is CCOC1(C(C)=O)Cc2ccccc2C1. The monoisotopic (exact) mass is 204 g/mol. The van der Waals surface area contributed by atoms with Gasteiger partial charge in [-0.2, -0.15) is 0 Å². The smallest absolute Gasteiger partial charge is 0.162 e. The Balaban J connectivity index is 2.32. The summed E-state index contributed by atoms with van der Waals surface area (Å²) in [6, 6.07) is 8.19. The Hall–Kier alpha value is -1.15. The molecule has 2 rings (SSSR count). The lowest BCUT2D eigenvalue weighted by atomic mass is 9.95. The lowest BCUT2D eigenvalue weighted by Gasteiger charge is -2.25. The highest BCUT2D eigenvalue weighted by Crippen LogP contribution is 2.33. The predicted octanol–water partition coefficient (Wildman–Crippen LogP) is 2.15. The molecule has 0 N–H and O–H groups in total. The second-order valence-corrected chi connectivity index (χ2v) is 4.11. The number of carbonyl (C=O) groups excluding carboxylic acids is 1. The molecule has 2 nitrogen and oxygen atoms in total. The summed E-state index contributed by atoms with van der Waals surface area (Å²) in [6.07, 6.45) is 1.46. The Morgan fingerprint density at radius 2 is 1.87 bits per heavy atom. The van der Waals surface area contributed by atoms with Crippen LogP contribution in [0.1, 0.15) is 25.0 Å². The second-order valence-electron chi connectivity index (χ2n) is 4.11. The van der Waals surface area contributed by atoms with Crippen molar-refractivity contribution >= 4 is 5.78 Å². The first kappa shape index (κ1) is 10.4. The van der Waals surface area contributed by atoms with Crippen LogP contribution in [0.15, 0.2) is 24.3 Å². The summed E-state index contributed by atoms with van der Waals surface area (Å²) in [5.74, 6) is 0.139. The Bertz CT molecular complexity index is 357. The molecule has 0 atom stereocenters. The first-order valence-electron chi connectivity index (χ1n) is 5.40. The third-order valence-corrected chi connectivity index (χ3v) is 3.13. The summed E-state index contributed by atoms with van der Waals surface area (Å²) in [5.41, 5.74) is 1.92. The normalized spacial score (nSPS) is 17.5. The summed E-state index contributed by atoms with van der Waals surface area (Å²) < 4.78 is 5.68. The fourth-order valence-electron chi connectivity index (χ4n) is 2.31. The fourth-order valence-corrected chi connectivity index (χ4v) is 2.31. The number of carbonyl (C=O) groups is 1. The van der Waals surface area contributed by atoms with E-state index in [2.05, 4.69) is 12.1 Å². The van der Waals surface area contributed by atoms with Crippen LogP contribution in [0.25, 0.3) is 0 Å². The molecule has 1 aliphatic carbocycles. The predicted molar refractivity (Wildman–Crippen MR) is 58.9 cm³/mol. The van der Waals surface area contributed by atoms with Crippen LogP contribution < -0.4 is 0 Å². The van der Waals surface area contributed by atoms with Gasteiger partial charge in [0.05, 0.1) is 0 Å². The van der Waals surface area contributed by atoms with Crippen LogP contribution in [-0.4, -0.2) is 18.0 Å². The van der Waals surface area contributed by atoms with E-state index in [-0.39, 0.29) is 5.78 Å². The molecular weight excluding hydrogens is 188 g/mol. The molecule has 0 saturated heterocycles. The van der Waals surface area contributed by atoms with Crippen LogP contribution in [0.3, 0.4) is 0 Å². The number of ketones is 1. The lowest BCUT2D eigenvalue weighted by molar-refractivity contribution is -0.140. The van der Waals surface area contributed by atoms with Gasteiger partial charge in [-0.1, -0.05) is 24.3 Å². The van der Waals surface area contributed by atoms with Gasteiger partial charge in [0, 0.05) is 19.4 Å². The number of hydrogen-bond donors (Lipinski definition) is 0. The molecule has 0 aromatic heterocycles. The summed E-state index contributed by atoms with van der Waals surface area (Å²) in [7, 11) is 0. The quantitative estimate of drug-likeness (QED) is 0.754. The van der Waals surface area contributed by atoms with E-state index in [4.69, 9.17) is 4.74 Å². The van der Waals surface area contributed by atoms with E-state index in [1.54, 1.807) is 6.92 Å². The molecule has 0 heterocycles. The number of fused-ring (bicyclic) bond motifs is 1. The third kappa shape index (κ3) is 1.70. The van der Waals surface area contributed by atoms with Gasteiger partial charge in [-0.25, -0.2) is 0 Å². The van der Waals surface area contributed by atoms with Crippen LogP contribution >= 0.6 is 0 Å². The highest BCUT2D eigenvalue weighted by Gasteiger charge is 2.41. The van der Waals surface area contributed by atoms with Gasteiger partial charge in [-0.05, 0) is 25.0 Å². The first-order chi connectivity index (χ1) is 7.18. The highest BCUT2D eigenvalue weighted by atomic mass is 16.5. The maximum absolute atomic E-state index is 11.7. The zero-order chi connectivity index (χ0) is 10.9. The topological polar surface area (TPSA) is 26.3 Å². The number of hydrogen-bond acceptors (Lipinski definition) is 2. The van der Waals surface area contributed by atoms with Gasteiger partial charge in [0.1, 0.15) is 5.60 Å². The van der Waals surface area contributed by atoms with Crippen molar-refractivity contribution in [2.75, 3.05) is 6.61 Å². The van der Waals surface area contributed by atoms with Gasteiger partial charge >= 0.3 is 0 Å². The zero-order valence-corrected chi connectivity index (χ0v) is 9.25. The average Bonchev–Trinajstić information content (AvgIpc) is 2.57. The minimum atomic E-state index is -0.585. The molecule has 0 radical (unpaired) electrons. The Labute approximate surface area is 90.3 Å². The Morgan fingerprint density at radius 1 is 1.33 bits per heavy atom. The summed E-state index contributed by atoms with van der Waals surface area (Å²) in [5, 5.41) is 0. The zero-order valence-electron chi connectivity index (χ0n) is 9.25. The van der Waals surface area contributed by atoms with Gasteiger partial charge in [0.15, 0.2) is 5.78 Å². The van der Waals surface area contributed by atoms with Crippen molar-refractivity contribution in [3.63, 3.8) is 0 Å². The van der Waals surface area contributed by atoms with Crippen LogP contribution in [0.4, 0.5) is 0 Å². The minimum absolute atomic E-state index is 0.139. The van der Waals surface area contributed by atoms with E-state index in [9.17, 15) is 4.79 Å². The van der Waals surface area contributed by atoms with Gasteiger partial charge < -0.3 is 4.74 Å². The molecule has 0 aliphatic heterocycles. The van der Waals surface area contributed by atoms with Gasteiger partial charge in [-0.15, -0.1) is 0 Å². The highest BCUT2D eigenvalue weighted by molar-refractivity contribution is 5.86. The molecule has 0 fully saturated rings. The standard InChI is InChI=1S/C13H16O2/c1-3-15-13(10(2)14)8-11-6-4-5-7-12(11)9-13/h4-7H,3,8-9H2,1-2H3. The van der Waals surface area contributed by atoms with E-state index in [0.29, 0.717) is 6.61 Å². The average molecular weight is 204 g/mol. The fraction of sp³-hybridized carbons (Fsp3) is 0.462. The van der Waals surface area contributed by atoms with E-state index in [1.807, 2.05) is 19.1 Å². The van der Waals surface area contributed by atoms with E-state index in [1.165, 1.54) is 11.1 Å². The molecule has 2 heteroatoms. The molecule has 0 saturated carbocycles. The Morgan fingerprint density at radius 3 is 2.27 bits per heavy atom. The van der Waals surface area contributed by atoms with Crippen molar-refractivity contribution in [2.24, 2.45) is 0 Å². The molecule has 80 valence electrons. The van der Waals surface area contributed by atoms with E-state index < -0.39 is 5.60 Å². The van der Waals surface area contributed by atoms with Crippen molar-refractivity contribution < 1.29 is 9.53 Å². The van der Waals surface area contributed by atoms with E-state index >= 15 is 0 Å². The van der Waals surface area contributed by atoms with Crippen molar-refractivity contribution in [1.29, 1.82) is 0 Å². The number of ether oxygens (including phenoxy) is 1. The molecule has 15 heavy (non-hydrogen) atoms. The first-order valence-corrected chi connectivity index (χ1v) is 5.40. The van der Waals surface area contributed by atoms with Gasteiger partial charge in [-0.3, -0.25) is 4.79 Å². The van der Waals surface area contributed by atoms with Crippen molar-refractivity contribution in [2.45, 2.75) is 32.3 Å². The molecule has 1 aromatic carbocycles. The summed E-state index contributed by atoms with van der Waals surface area (Å²) in [6.45, 7) is 4.16. The molecule has 0 amide bonds. The maximum atomic E-state index is 11.7.